The topological polar surface area (TPSA) is 58.6 Å². The lowest BCUT2D eigenvalue weighted by molar-refractivity contribution is -0.117. The smallest absolute Gasteiger partial charge is 0.244 e. The van der Waals surface area contributed by atoms with E-state index in [1.54, 1.807) is 18.1 Å². The Bertz CT molecular complexity index is 812. The third-order valence-electron chi connectivity index (χ3n) is 4.35. The Hall–Kier alpha value is -3.08. The van der Waals surface area contributed by atoms with Gasteiger partial charge in [-0.1, -0.05) is 30.3 Å². The van der Waals surface area contributed by atoms with E-state index in [0.29, 0.717) is 13.0 Å². The lowest BCUT2D eigenvalue weighted by Crippen LogP contribution is -2.23. The van der Waals surface area contributed by atoms with E-state index in [0.717, 1.165) is 35.5 Å². The average molecular weight is 350 g/mol. The van der Waals surface area contributed by atoms with Crippen molar-refractivity contribution in [3.05, 3.63) is 65.7 Å². The molecule has 0 bridgehead atoms. The zero-order valence-corrected chi connectivity index (χ0v) is 14.8. The van der Waals surface area contributed by atoms with Crippen molar-refractivity contribution in [2.24, 2.45) is 0 Å². The second-order valence-electron chi connectivity index (χ2n) is 6.10. The van der Waals surface area contributed by atoms with E-state index in [1.807, 2.05) is 48.5 Å². The monoisotopic (exact) mass is 350 g/mol. The predicted molar refractivity (Wildman–Crippen MR) is 102 cm³/mol. The first-order valence-electron chi connectivity index (χ1n) is 8.65. The lowest BCUT2D eigenvalue weighted by atomic mass is 10.1. The minimum Gasteiger partial charge on any atom is -0.496 e. The highest BCUT2D eigenvalue weighted by molar-refractivity contribution is 5.95. The maximum absolute atomic E-state index is 12.0. The van der Waals surface area contributed by atoms with Crippen LogP contribution in [0.15, 0.2) is 54.6 Å². The summed E-state index contributed by atoms with van der Waals surface area (Å²) in [5.41, 5.74) is 2.74. The summed E-state index contributed by atoms with van der Waals surface area (Å²) in [6.45, 7) is 1.18. The van der Waals surface area contributed by atoms with Crippen molar-refractivity contribution in [2.45, 2.75) is 19.4 Å². The molecule has 5 nitrogen and oxygen atoms in total. The van der Waals surface area contributed by atoms with Crippen LogP contribution in [0.25, 0.3) is 6.08 Å². The Morgan fingerprint density at radius 3 is 2.65 bits per heavy atom. The average Bonchev–Trinajstić information content (AvgIpc) is 3.11. The standard InChI is InChI=1S/C21H22N2O3/c1-26-19-6-3-2-5-17(19)15-22-20(24)13-10-16-8-11-18(12-9-16)23-14-4-7-21(23)25/h2-3,5-6,8-13H,4,7,14-15H2,1H3,(H,22,24). The molecule has 1 aliphatic rings. The summed E-state index contributed by atoms with van der Waals surface area (Å²) in [5.74, 6) is 0.752. The predicted octanol–water partition coefficient (Wildman–Crippen LogP) is 3.15. The van der Waals surface area contributed by atoms with Crippen molar-refractivity contribution in [2.75, 3.05) is 18.6 Å². The largest absolute Gasteiger partial charge is 0.496 e. The molecular weight excluding hydrogens is 328 g/mol. The Labute approximate surface area is 153 Å². The van der Waals surface area contributed by atoms with Gasteiger partial charge in [-0.25, -0.2) is 0 Å². The molecule has 0 aromatic heterocycles. The van der Waals surface area contributed by atoms with Crippen molar-refractivity contribution in [1.29, 1.82) is 0 Å². The van der Waals surface area contributed by atoms with Gasteiger partial charge in [-0.2, -0.15) is 0 Å². The van der Waals surface area contributed by atoms with Crippen LogP contribution in [0.2, 0.25) is 0 Å². The van der Waals surface area contributed by atoms with Crippen LogP contribution in [0.4, 0.5) is 5.69 Å². The molecule has 0 saturated carbocycles. The fourth-order valence-electron chi connectivity index (χ4n) is 2.95. The zero-order chi connectivity index (χ0) is 18.4. The van der Waals surface area contributed by atoms with Gasteiger partial charge < -0.3 is 15.0 Å². The molecule has 0 unspecified atom stereocenters. The van der Waals surface area contributed by atoms with Gasteiger partial charge in [0.05, 0.1) is 7.11 Å². The first kappa shape index (κ1) is 17.7. The number of carbonyl (C=O) groups excluding carboxylic acids is 2. The van der Waals surface area contributed by atoms with E-state index in [1.165, 1.54) is 6.08 Å². The van der Waals surface area contributed by atoms with E-state index in [9.17, 15) is 9.59 Å². The van der Waals surface area contributed by atoms with Crippen LogP contribution in [0.5, 0.6) is 5.75 Å². The highest BCUT2D eigenvalue weighted by atomic mass is 16.5. The SMILES string of the molecule is COc1ccccc1CNC(=O)C=Cc1ccc(N2CCCC2=O)cc1. The number of methoxy groups -OCH3 is 1. The Morgan fingerprint density at radius 1 is 1.19 bits per heavy atom. The van der Waals surface area contributed by atoms with Crippen molar-refractivity contribution >= 4 is 23.6 Å². The number of amides is 2. The van der Waals surface area contributed by atoms with Gasteiger partial charge in [-0.3, -0.25) is 9.59 Å². The fraction of sp³-hybridized carbons (Fsp3) is 0.238. The van der Waals surface area contributed by atoms with E-state index in [4.69, 9.17) is 4.74 Å². The molecule has 1 N–H and O–H groups in total. The third-order valence-corrected chi connectivity index (χ3v) is 4.35. The second kappa shape index (κ2) is 8.34. The van der Waals surface area contributed by atoms with Gasteiger partial charge in [0.15, 0.2) is 0 Å². The number of hydrogen-bond acceptors (Lipinski definition) is 3. The molecule has 134 valence electrons. The maximum atomic E-state index is 12.0. The molecule has 5 heteroatoms. The van der Waals surface area contributed by atoms with Crippen LogP contribution < -0.4 is 15.0 Å². The number of rotatable bonds is 6. The van der Waals surface area contributed by atoms with Gasteiger partial charge in [-0.05, 0) is 36.3 Å². The lowest BCUT2D eigenvalue weighted by Gasteiger charge is -2.15. The van der Waals surface area contributed by atoms with Gasteiger partial charge in [0.25, 0.3) is 0 Å². The number of hydrogen-bond donors (Lipinski definition) is 1. The van der Waals surface area contributed by atoms with Gasteiger partial charge in [-0.15, -0.1) is 0 Å². The molecule has 1 fully saturated rings. The molecule has 2 aromatic carbocycles. The van der Waals surface area contributed by atoms with Crippen LogP contribution in [-0.2, 0) is 16.1 Å². The van der Waals surface area contributed by atoms with E-state index >= 15 is 0 Å². The van der Waals surface area contributed by atoms with Crippen LogP contribution in [-0.4, -0.2) is 25.5 Å². The van der Waals surface area contributed by atoms with E-state index < -0.39 is 0 Å². The Morgan fingerprint density at radius 2 is 1.96 bits per heavy atom. The molecule has 0 radical (unpaired) electrons. The number of anilines is 1. The van der Waals surface area contributed by atoms with Crippen molar-refractivity contribution in [1.82, 2.24) is 5.32 Å². The van der Waals surface area contributed by atoms with Gasteiger partial charge in [0, 0.05) is 36.8 Å². The highest BCUT2D eigenvalue weighted by Crippen LogP contribution is 2.22. The number of carbonyl (C=O) groups is 2. The minimum atomic E-state index is -0.172. The minimum absolute atomic E-state index is 0.170. The van der Waals surface area contributed by atoms with E-state index in [2.05, 4.69) is 5.32 Å². The first-order valence-corrected chi connectivity index (χ1v) is 8.65. The number of ether oxygens (including phenoxy) is 1. The molecule has 0 spiro atoms. The van der Waals surface area contributed by atoms with Crippen molar-refractivity contribution in [3.8, 4) is 5.75 Å². The molecule has 2 amide bonds. The maximum Gasteiger partial charge on any atom is 0.244 e. The van der Waals surface area contributed by atoms with Crippen LogP contribution >= 0.6 is 0 Å². The van der Waals surface area contributed by atoms with Crippen molar-refractivity contribution < 1.29 is 14.3 Å². The molecule has 1 aliphatic heterocycles. The summed E-state index contributed by atoms with van der Waals surface area (Å²) >= 11 is 0. The van der Waals surface area contributed by atoms with Crippen molar-refractivity contribution in [3.63, 3.8) is 0 Å². The fourth-order valence-corrected chi connectivity index (χ4v) is 2.95. The number of nitrogens with zero attached hydrogens (tertiary/aromatic N) is 1. The molecule has 26 heavy (non-hydrogen) atoms. The number of nitrogens with one attached hydrogen (secondary N) is 1. The van der Waals surface area contributed by atoms with Gasteiger partial charge in [0.2, 0.25) is 11.8 Å². The Kier molecular flexibility index (Phi) is 5.69. The molecule has 0 aliphatic carbocycles. The third kappa shape index (κ3) is 4.30. The normalized spacial score (nSPS) is 14.0. The summed E-state index contributed by atoms with van der Waals surface area (Å²) in [5, 5.41) is 2.85. The number of benzene rings is 2. The first-order chi connectivity index (χ1) is 12.7. The molecule has 0 atom stereocenters. The second-order valence-corrected chi connectivity index (χ2v) is 6.10. The summed E-state index contributed by atoms with van der Waals surface area (Å²) in [6.07, 6.45) is 4.79. The summed E-state index contributed by atoms with van der Waals surface area (Å²) < 4.78 is 5.27. The highest BCUT2D eigenvalue weighted by Gasteiger charge is 2.21. The Balaban J connectivity index is 1.55. The molecule has 3 rings (SSSR count). The number of para-hydroxylation sites is 1. The molecule has 1 saturated heterocycles. The van der Waals surface area contributed by atoms with Gasteiger partial charge in [0.1, 0.15) is 5.75 Å². The van der Waals surface area contributed by atoms with Crippen LogP contribution in [0.3, 0.4) is 0 Å². The van der Waals surface area contributed by atoms with Gasteiger partial charge >= 0.3 is 0 Å². The zero-order valence-electron chi connectivity index (χ0n) is 14.8. The summed E-state index contributed by atoms with van der Waals surface area (Å²) in [6, 6.07) is 15.2. The summed E-state index contributed by atoms with van der Waals surface area (Å²) in [4.78, 5) is 25.6. The van der Waals surface area contributed by atoms with E-state index in [-0.39, 0.29) is 11.8 Å². The van der Waals surface area contributed by atoms with Crippen LogP contribution in [0, 0.1) is 0 Å². The molecule has 1 heterocycles. The molecular formula is C21H22N2O3. The molecule has 2 aromatic rings. The quantitative estimate of drug-likeness (QED) is 0.814. The van der Waals surface area contributed by atoms with Crippen LogP contribution in [0.1, 0.15) is 24.0 Å². The summed E-state index contributed by atoms with van der Waals surface area (Å²) in [7, 11) is 1.61.